The number of hydrogen-bond donors (Lipinski definition) is 1. The molecule has 0 amide bonds. The van der Waals surface area contributed by atoms with Crippen molar-refractivity contribution in [1.82, 2.24) is 20.2 Å². The molecule has 2 rings (SSSR count). The fraction of sp³-hybridized carbons (Fsp3) is 0.200. The van der Waals surface area contributed by atoms with Gasteiger partial charge in [-0.3, -0.25) is 4.79 Å². The molecule has 0 spiro atoms. The Morgan fingerprint density at radius 2 is 2.12 bits per heavy atom. The van der Waals surface area contributed by atoms with Crippen molar-refractivity contribution >= 4 is 17.6 Å². The zero-order chi connectivity index (χ0) is 12.3. The van der Waals surface area contributed by atoms with Crippen LogP contribution in [0.15, 0.2) is 30.6 Å². The molecule has 0 bridgehead atoms. The standard InChI is InChI=1S/C10H9ClN4O2/c11-8-3-1-7(2-4-8)9(5-10(16)17)15-6-12-13-14-15/h1-4,6,9H,5H2,(H,16,17)/t9-/m1/s1. The number of aliphatic carboxylic acids is 1. The van der Waals surface area contributed by atoms with Crippen LogP contribution in [-0.2, 0) is 4.79 Å². The summed E-state index contributed by atoms with van der Waals surface area (Å²) in [5.41, 5.74) is 0.795. The number of rotatable bonds is 4. The van der Waals surface area contributed by atoms with Crippen LogP contribution in [0.1, 0.15) is 18.0 Å². The van der Waals surface area contributed by atoms with Crippen LogP contribution in [0.25, 0.3) is 0 Å². The Morgan fingerprint density at radius 3 is 2.65 bits per heavy atom. The third kappa shape index (κ3) is 2.79. The zero-order valence-corrected chi connectivity index (χ0v) is 9.45. The predicted molar refractivity (Wildman–Crippen MR) is 59.7 cm³/mol. The van der Waals surface area contributed by atoms with Gasteiger partial charge in [0.05, 0.1) is 12.5 Å². The van der Waals surface area contributed by atoms with Gasteiger partial charge in [-0.15, -0.1) is 5.10 Å². The normalized spacial score (nSPS) is 12.3. The highest BCUT2D eigenvalue weighted by Gasteiger charge is 2.18. The molecular formula is C10H9ClN4O2. The molecule has 1 aromatic carbocycles. The quantitative estimate of drug-likeness (QED) is 0.889. The van der Waals surface area contributed by atoms with Gasteiger partial charge < -0.3 is 5.11 Å². The van der Waals surface area contributed by atoms with Gasteiger partial charge in [0.2, 0.25) is 0 Å². The summed E-state index contributed by atoms with van der Waals surface area (Å²) in [5, 5.41) is 20.2. The topological polar surface area (TPSA) is 80.9 Å². The lowest BCUT2D eigenvalue weighted by Crippen LogP contribution is -2.15. The van der Waals surface area contributed by atoms with Crippen molar-refractivity contribution < 1.29 is 9.90 Å². The Labute approximate surface area is 102 Å². The molecule has 0 unspecified atom stereocenters. The molecule has 0 saturated carbocycles. The number of aromatic nitrogens is 4. The van der Waals surface area contributed by atoms with Crippen molar-refractivity contribution in [3.8, 4) is 0 Å². The lowest BCUT2D eigenvalue weighted by Gasteiger charge is -2.14. The van der Waals surface area contributed by atoms with Gasteiger partial charge >= 0.3 is 5.97 Å². The Kier molecular flexibility index (Phi) is 3.34. The van der Waals surface area contributed by atoms with Crippen LogP contribution in [-0.4, -0.2) is 31.3 Å². The highest BCUT2D eigenvalue weighted by Crippen LogP contribution is 2.22. The first kappa shape index (κ1) is 11.5. The number of carboxylic acid groups (broad SMARTS) is 1. The smallest absolute Gasteiger partial charge is 0.305 e. The largest absolute Gasteiger partial charge is 0.481 e. The average Bonchev–Trinajstić information content (AvgIpc) is 2.80. The monoisotopic (exact) mass is 252 g/mol. The van der Waals surface area contributed by atoms with E-state index in [1.165, 1.54) is 11.0 Å². The van der Waals surface area contributed by atoms with E-state index < -0.39 is 12.0 Å². The SMILES string of the molecule is O=C(O)C[C@H](c1ccc(Cl)cc1)n1cnnn1. The summed E-state index contributed by atoms with van der Waals surface area (Å²) >= 11 is 5.78. The van der Waals surface area contributed by atoms with Gasteiger partial charge in [-0.2, -0.15) is 0 Å². The number of tetrazole rings is 1. The molecule has 17 heavy (non-hydrogen) atoms. The number of carbonyl (C=O) groups is 1. The second-order valence-electron chi connectivity index (χ2n) is 3.46. The van der Waals surface area contributed by atoms with Crippen LogP contribution in [0, 0.1) is 0 Å². The molecule has 7 heteroatoms. The fourth-order valence-corrected chi connectivity index (χ4v) is 1.65. The van der Waals surface area contributed by atoms with Gasteiger partial charge in [-0.05, 0) is 28.1 Å². The minimum absolute atomic E-state index is 0.0906. The van der Waals surface area contributed by atoms with Crippen molar-refractivity contribution in [2.24, 2.45) is 0 Å². The lowest BCUT2D eigenvalue weighted by atomic mass is 10.0. The van der Waals surface area contributed by atoms with Gasteiger partial charge in [0.25, 0.3) is 0 Å². The molecule has 1 N–H and O–H groups in total. The van der Waals surface area contributed by atoms with E-state index in [2.05, 4.69) is 15.5 Å². The Balaban J connectivity index is 2.33. The van der Waals surface area contributed by atoms with Gasteiger partial charge in [0.15, 0.2) is 0 Å². The molecule has 0 aliphatic carbocycles. The molecule has 1 atom stereocenters. The number of halogens is 1. The summed E-state index contributed by atoms with van der Waals surface area (Å²) in [6.45, 7) is 0. The highest BCUT2D eigenvalue weighted by atomic mass is 35.5. The van der Waals surface area contributed by atoms with E-state index in [0.29, 0.717) is 5.02 Å². The molecule has 0 aliphatic heterocycles. The van der Waals surface area contributed by atoms with E-state index >= 15 is 0 Å². The van der Waals surface area contributed by atoms with Gasteiger partial charge in [-0.25, -0.2) is 4.68 Å². The second-order valence-corrected chi connectivity index (χ2v) is 3.89. The average molecular weight is 253 g/mol. The minimum Gasteiger partial charge on any atom is -0.481 e. The Bertz CT molecular complexity index is 498. The molecule has 2 aromatic rings. The molecule has 0 saturated heterocycles. The summed E-state index contributed by atoms with van der Waals surface area (Å²) in [6, 6.07) is 6.50. The van der Waals surface area contributed by atoms with E-state index in [9.17, 15) is 4.79 Å². The van der Waals surface area contributed by atoms with E-state index in [4.69, 9.17) is 16.7 Å². The van der Waals surface area contributed by atoms with Crippen LogP contribution in [0.5, 0.6) is 0 Å². The zero-order valence-electron chi connectivity index (χ0n) is 8.69. The van der Waals surface area contributed by atoms with Crippen molar-refractivity contribution in [1.29, 1.82) is 0 Å². The van der Waals surface area contributed by atoms with Crippen LogP contribution >= 0.6 is 11.6 Å². The van der Waals surface area contributed by atoms with Crippen molar-refractivity contribution in [2.45, 2.75) is 12.5 Å². The maximum absolute atomic E-state index is 10.8. The van der Waals surface area contributed by atoms with E-state index in [1.54, 1.807) is 24.3 Å². The fourth-order valence-electron chi connectivity index (χ4n) is 1.53. The van der Waals surface area contributed by atoms with Crippen molar-refractivity contribution in [2.75, 3.05) is 0 Å². The van der Waals surface area contributed by atoms with Crippen LogP contribution in [0.3, 0.4) is 0 Å². The first-order chi connectivity index (χ1) is 8.16. The van der Waals surface area contributed by atoms with Gasteiger partial charge in [-0.1, -0.05) is 23.7 Å². The number of benzene rings is 1. The predicted octanol–water partition coefficient (Wildman–Crippen LogP) is 1.39. The van der Waals surface area contributed by atoms with Crippen LogP contribution in [0.2, 0.25) is 5.02 Å². The van der Waals surface area contributed by atoms with E-state index in [-0.39, 0.29) is 6.42 Å². The van der Waals surface area contributed by atoms with Crippen molar-refractivity contribution in [3.63, 3.8) is 0 Å². The maximum Gasteiger partial charge on any atom is 0.305 e. The minimum atomic E-state index is -0.916. The molecule has 0 aliphatic rings. The van der Waals surface area contributed by atoms with Gasteiger partial charge in [0, 0.05) is 5.02 Å². The number of nitrogens with zero attached hydrogens (tertiary/aromatic N) is 4. The molecular weight excluding hydrogens is 244 g/mol. The van der Waals surface area contributed by atoms with Gasteiger partial charge in [0.1, 0.15) is 6.33 Å². The third-order valence-corrected chi connectivity index (χ3v) is 2.56. The highest BCUT2D eigenvalue weighted by molar-refractivity contribution is 6.30. The second kappa shape index (κ2) is 4.92. The summed E-state index contributed by atoms with van der Waals surface area (Å²) in [6.07, 6.45) is 1.30. The lowest BCUT2D eigenvalue weighted by molar-refractivity contribution is -0.137. The first-order valence-electron chi connectivity index (χ1n) is 4.86. The molecule has 6 nitrogen and oxygen atoms in total. The molecule has 0 fully saturated rings. The number of hydrogen-bond acceptors (Lipinski definition) is 4. The van der Waals surface area contributed by atoms with Crippen LogP contribution in [0.4, 0.5) is 0 Å². The Hall–Kier alpha value is -1.95. The molecule has 1 heterocycles. The first-order valence-corrected chi connectivity index (χ1v) is 5.24. The maximum atomic E-state index is 10.8. The molecule has 0 radical (unpaired) electrons. The summed E-state index contributed by atoms with van der Waals surface area (Å²) in [5.74, 6) is -0.916. The van der Waals surface area contributed by atoms with Crippen molar-refractivity contribution in [3.05, 3.63) is 41.2 Å². The number of carboxylic acids is 1. The molecule has 1 aromatic heterocycles. The summed E-state index contributed by atoms with van der Waals surface area (Å²) < 4.78 is 1.41. The van der Waals surface area contributed by atoms with Crippen LogP contribution < -0.4 is 0 Å². The van der Waals surface area contributed by atoms with E-state index in [1.807, 2.05) is 0 Å². The Morgan fingerprint density at radius 1 is 1.41 bits per heavy atom. The third-order valence-electron chi connectivity index (χ3n) is 2.31. The molecule has 88 valence electrons. The van der Waals surface area contributed by atoms with E-state index in [0.717, 1.165) is 5.56 Å². The summed E-state index contributed by atoms with van der Waals surface area (Å²) in [7, 11) is 0. The summed E-state index contributed by atoms with van der Waals surface area (Å²) in [4.78, 5) is 10.8.